The Labute approximate surface area is 134 Å². The van der Waals surface area contributed by atoms with E-state index in [4.69, 9.17) is 39.5 Å². The second-order valence-electron chi connectivity index (χ2n) is 5.10. The van der Waals surface area contributed by atoms with Gasteiger partial charge in [0.05, 0.1) is 0 Å². The van der Waals surface area contributed by atoms with Crippen molar-refractivity contribution in [3.05, 3.63) is 12.7 Å². The minimum absolute atomic E-state index is 0.0913. The zero-order chi connectivity index (χ0) is 15.2. The van der Waals surface area contributed by atoms with Gasteiger partial charge in [0.1, 0.15) is 17.8 Å². The fourth-order valence-corrected chi connectivity index (χ4v) is 2.66. The van der Waals surface area contributed by atoms with Gasteiger partial charge in [0.25, 0.3) is 0 Å². The summed E-state index contributed by atoms with van der Waals surface area (Å²) in [5, 5.41) is 0. The van der Waals surface area contributed by atoms with Crippen molar-refractivity contribution in [3.8, 4) is 0 Å². The lowest BCUT2D eigenvalue weighted by molar-refractivity contribution is -0.161. The van der Waals surface area contributed by atoms with E-state index in [1.54, 1.807) is 6.08 Å². The first kappa shape index (κ1) is 17.8. The zero-order valence-corrected chi connectivity index (χ0v) is 13.6. The highest BCUT2D eigenvalue weighted by atomic mass is 35.6. The highest BCUT2D eigenvalue weighted by molar-refractivity contribution is 6.67. The van der Waals surface area contributed by atoms with E-state index in [9.17, 15) is 9.59 Å². The molecule has 0 unspecified atom stereocenters. The number of hydrogen-bond donors (Lipinski definition) is 0. The van der Waals surface area contributed by atoms with Crippen LogP contribution in [0, 0.1) is 5.41 Å². The molecule has 6 heteroatoms. The van der Waals surface area contributed by atoms with Crippen LogP contribution < -0.4 is 0 Å². The molecule has 0 N–H and O–H groups in total. The minimum Gasteiger partial charge on any atom is -0.460 e. The molecular formula is C14H19Cl3O3. The highest BCUT2D eigenvalue weighted by Gasteiger charge is 2.46. The smallest absolute Gasteiger partial charge is 0.320 e. The molecular weight excluding hydrogens is 323 g/mol. The number of ketones is 1. The molecule has 1 atom stereocenters. The number of halogens is 3. The van der Waals surface area contributed by atoms with Gasteiger partial charge < -0.3 is 4.74 Å². The quantitative estimate of drug-likeness (QED) is 0.330. The highest BCUT2D eigenvalue weighted by Crippen LogP contribution is 2.37. The molecule has 0 aromatic carbocycles. The predicted molar refractivity (Wildman–Crippen MR) is 81.2 cm³/mol. The normalized spacial score (nSPS) is 24.6. The lowest BCUT2D eigenvalue weighted by Gasteiger charge is -2.31. The third-order valence-electron chi connectivity index (χ3n) is 3.54. The summed E-state index contributed by atoms with van der Waals surface area (Å²) in [6.07, 6.45) is 6.33. The fraction of sp³-hybridized carbons (Fsp3) is 0.714. The third kappa shape index (κ3) is 4.94. The van der Waals surface area contributed by atoms with Gasteiger partial charge in [-0.05, 0) is 19.3 Å². The Morgan fingerprint density at radius 1 is 1.30 bits per heavy atom. The maximum absolute atomic E-state index is 12.4. The first-order valence-corrected chi connectivity index (χ1v) is 7.83. The summed E-state index contributed by atoms with van der Waals surface area (Å²) in [5.74, 6) is -0.693. The number of carbonyl (C=O) groups is 2. The van der Waals surface area contributed by atoms with Crippen LogP contribution in [0.5, 0.6) is 0 Å². The maximum Gasteiger partial charge on any atom is 0.320 e. The van der Waals surface area contributed by atoms with Gasteiger partial charge in [0.15, 0.2) is 0 Å². The number of carbonyl (C=O) groups excluding carboxylic acids is 2. The van der Waals surface area contributed by atoms with E-state index < -0.39 is 15.2 Å². The summed E-state index contributed by atoms with van der Waals surface area (Å²) in [5.41, 5.74) is -1.15. The number of hydrogen-bond acceptors (Lipinski definition) is 3. The topological polar surface area (TPSA) is 43.4 Å². The van der Waals surface area contributed by atoms with Crippen molar-refractivity contribution in [1.29, 1.82) is 0 Å². The monoisotopic (exact) mass is 340 g/mol. The average molecular weight is 342 g/mol. The molecule has 1 saturated carbocycles. The molecule has 1 fully saturated rings. The zero-order valence-electron chi connectivity index (χ0n) is 11.3. The Bertz CT molecular complexity index is 376. The van der Waals surface area contributed by atoms with Gasteiger partial charge in [-0.3, -0.25) is 9.59 Å². The van der Waals surface area contributed by atoms with Crippen LogP contribution in [0.2, 0.25) is 0 Å². The van der Waals surface area contributed by atoms with Crippen molar-refractivity contribution in [1.82, 2.24) is 0 Å². The third-order valence-corrected chi connectivity index (χ3v) is 3.87. The Balaban J connectivity index is 2.89. The molecule has 1 rings (SSSR count). The Kier molecular flexibility index (Phi) is 6.83. The first-order chi connectivity index (χ1) is 9.32. The summed E-state index contributed by atoms with van der Waals surface area (Å²) >= 11 is 16.7. The molecule has 1 aliphatic carbocycles. The number of ether oxygens (including phenoxy) is 1. The van der Waals surface area contributed by atoms with E-state index in [0.29, 0.717) is 12.8 Å². The molecule has 0 radical (unpaired) electrons. The summed E-state index contributed by atoms with van der Waals surface area (Å²) in [4.78, 5) is 24.8. The van der Waals surface area contributed by atoms with Crippen molar-refractivity contribution in [3.63, 3.8) is 0 Å². The SMILES string of the molecule is C=CC[C@]1(C(=O)OCC(Cl)(Cl)Cl)CCCCCCC1=O. The number of alkyl halides is 3. The molecule has 0 heterocycles. The van der Waals surface area contributed by atoms with Crippen LogP contribution in [0.4, 0.5) is 0 Å². The molecule has 0 saturated heterocycles. The summed E-state index contributed by atoms with van der Waals surface area (Å²) in [6, 6.07) is 0. The van der Waals surface area contributed by atoms with Gasteiger partial charge in [-0.25, -0.2) is 0 Å². The van der Waals surface area contributed by atoms with Crippen LogP contribution in [0.1, 0.15) is 44.9 Å². The summed E-state index contributed by atoms with van der Waals surface area (Å²) in [6.45, 7) is 3.28. The largest absolute Gasteiger partial charge is 0.460 e. The molecule has 0 aromatic heterocycles. The lowest BCUT2D eigenvalue weighted by atomic mass is 9.73. The molecule has 3 nitrogen and oxygen atoms in total. The predicted octanol–water partition coefficient (Wildman–Crippen LogP) is 4.39. The molecule has 0 amide bonds. The molecule has 1 aliphatic rings. The van der Waals surface area contributed by atoms with E-state index in [1.165, 1.54) is 0 Å². The second-order valence-corrected chi connectivity index (χ2v) is 7.62. The van der Waals surface area contributed by atoms with Gasteiger partial charge in [0.2, 0.25) is 3.79 Å². The van der Waals surface area contributed by atoms with Crippen LogP contribution in [-0.2, 0) is 14.3 Å². The number of allylic oxidation sites excluding steroid dienone is 1. The Morgan fingerprint density at radius 2 is 1.95 bits per heavy atom. The maximum atomic E-state index is 12.4. The van der Waals surface area contributed by atoms with Gasteiger partial charge in [-0.2, -0.15) is 0 Å². The van der Waals surface area contributed by atoms with Crippen molar-refractivity contribution >= 4 is 46.6 Å². The lowest BCUT2D eigenvalue weighted by Crippen LogP contribution is -2.42. The van der Waals surface area contributed by atoms with Gasteiger partial charge in [-0.15, -0.1) is 6.58 Å². The van der Waals surface area contributed by atoms with Gasteiger partial charge in [0, 0.05) is 6.42 Å². The van der Waals surface area contributed by atoms with E-state index in [-0.39, 0.29) is 18.8 Å². The molecule has 0 bridgehead atoms. The van der Waals surface area contributed by atoms with Crippen LogP contribution in [0.3, 0.4) is 0 Å². The van der Waals surface area contributed by atoms with E-state index in [2.05, 4.69) is 6.58 Å². The van der Waals surface area contributed by atoms with E-state index in [1.807, 2.05) is 0 Å². The van der Waals surface area contributed by atoms with Gasteiger partial charge in [-0.1, -0.05) is 60.1 Å². The summed E-state index contributed by atoms with van der Waals surface area (Å²) in [7, 11) is 0. The van der Waals surface area contributed by atoms with Crippen molar-refractivity contribution in [2.75, 3.05) is 6.61 Å². The van der Waals surface area contributed by atoms with Crippen molar-refractivity contribution in [2.45, 2.75) is 48.7 Å². The second kappa shape index (κ2) is 7.67. The number of Topliss-reactive ketones (excluding diaryl/α,β-unsaturated/α-hetero) is 1. The van der Waals surface area contributed by atoms with Crippen LogP contribution in [0.15, 0.2) is 12.7 Å². The summed E-state index contributed by atoms with van der Waals surface area (Å²) < 4.78 is 3.39. The van der Waals surface area contributed by atoms with Crippen molar-refractivity contribution in [2.24, 2.45) is 5.41 Å². The molecule has 0 aromatic rings. The molecule has 0 spiro atoms. The van der Waals surface area contributed by atoms with Crippen molar-refractivity contribution < 1.29 is 14.3 Å². The Hall–Kier alpha value is -0.250. The standard InChI is InChI=1S/C14H19Cl3O3/c1-2-8-13(12(19)20-10-14(15,16)17)9-6-4-3-5-7-11(13)18/h2H,1,3-10H2/t13-/m0/s1. The van der Waals surface area contributed by atoms with Crippen LogP contribution >= 0.6 is 34.8 Å². The molecule has 114 valence electrons. The number of rotatable bonds is 4. The van der Waals surface area contributed by atoms with E-state index in [0.717, 1.165) is 25.7 Å². The van der Waals surface area contributed by atoms with Crippen LogP contribution in [0.25, 0.3) is 0 Å². The fourth-order valence-electron chi connectivity index (χ4n) is 2.49. The molecule has 0 aliphatic heterocycles. The van der Waals surface area contributed by atoms with Gasteiger partial charge >= 0.3 is 5.97 Å². The van der Waals surface area contributed by atoms with Crippen LogP contribution in [-0.4, -0.2) is 22.2 Å². The number of esters is 1. The molecule has 20 heavy (non-hydrogen) atoms. The van der Waals surface area contributed by atoms with E-state index >= 15 is 0 Å². The first-order valence-electron chi connectivity index (χ1n) is 6.70. The minimum atomic E-state index is -1.67. The average Bonchev–Trinajstić information content (AvgIpc) is 2.35. The Morgan fingerprint density at radius 3 is 2.55 bits per heavy atom.